The largest absolute Gasteiger partial charge is 0.497 e. The van der Waals surface area contributed by atoms with Crippen molar-refractivity contribution >= 4 is 28.5 Å². The first-order chi connectivity index (χ1) is 19.7. The van der Waals surface area contributed by atoms with Crippen molar-refractivity contribution in [1.82, 2.24) is 19.7 Å². The molecule has 0 amide bonds. The minimum Gasteiger partial charge on any atom is -0.497 e. The van der Waals surface area contributed by atoms with Crippen molar-refractivity contribution in [2.24, 2.45) is 0 Å². The van der Waals surface area contributed by atoms with E-state index in [1.807, 2.05) is 12.1 Å². The smallest absolute Gasteiger partial charge is 0.229 e. The lowest BCUT2D eigenvalue weighted by atomic mass is 10.1. The summed E-state index contributed by atoms with van der Waals surface area (Å²) in [5.74, 6) is 2.65. The van der Waals surface area contributed by atoms with Gasteiger partial charge in [0.2, 0.25) is 5.95 Å². The van der Waals surface area contributed by atoms with Crippen LogP contribution in [0.3, 0.4) is 0 Å². The second-order valence-electron chi connectivity index (χ2n) is 10.5. The quantitative estimate of drug-likeness (QED) is 0.300. The molecule has 1 fully saturated rings. The molecule has 0 radical (unpaired) electrons. The highest BCUT2D eigenvalue weighted by Gasteiger charge is 2.29. The van der Waals surface area contributed by atoms with E-state index in [1.165, 1.54) is 16.8 Å². The number of aromatic nitrogens is 4. The van der Waals surface area contributed by atoms with E-state index in [1.54, 1.807) is 7.11 Å². The van der Waals surface area contributed by atoms with E-state index in [0.717, 1.165) is 79.9 Å². The number of ether oxygens (including phenoxy) is 1. The Morgan fingerprint density at radius 3 is 2.10 bits per heavy atom. The summed E-state index contributed by atoms with van der Waals surface area (Å²) in [6.45, 7) is 5.95. The normalized spacial score (nSPS) is 15.1. The number of nitrogens with zero attached hydrogens (tertiary/aromatic N) is 7. The summed E-state index contributed by atoms with van der Waals surface area (Å²) in [5, 5.41) is 6.15. The Morgan fingerprint density at radius 2 is 1.38 bits per heavy atom. The molecule has 8 nitrogen and oxygen atoms in total. The Hall–Kier alpha value is -4.59. The van der Waals surface area contributed by atoms with Gasteiger partial charge in [0.1, 0.15) is 11.6 Å². The molecule has 0 bridgehead atoms. The minimum atomic E-state index is 0.688. The van der Waals surface area contributed by atoms with E-state index in [-0.39, 0.29) is 0 Å². The molecule has 0 unspecified atom stereocenters. The van der Waals surface area contributed by atoms with E-state index >= 15 is 0 Å². The summed E-state index contributed by atoms with van der Waals surface area (Å²) in [7, 11) is 1.70. The van der Waals surface area contributed by atoms with Gasteiger partial charge in [-0.05, 0) is 35.4 Å². The van der Waals surface area contributed by atoms with Crippen LogP contribution in [0.2, 0.25) is 0 Å². The molecular formula is C32H33N7O. The molecule has 2 aliphatic rings. The van der Waals surface area contributed by atoms with Gasteiger partial charge < -0.3 is 19.4 Å². The Balaban J connectivity index is 1.24. The van der Waals surface area contributed by atoms with Crippen LogP contribution in [0.4, 0.5) is 17.5 Å². The molecule has 0 N–H and O–H groups in total. The number of rotatable bonds is 7. The predicted molar refractivity (Wildman–Crippen MR) is 159 cm³/mol. The Labute approximate surface area is 234 Å². The molecule has 0 aliphatic carbocycles. The highest BCUT2D eigenvalue weighted by molar-refractivity contribution is 5.92. The summed E-state index contributed by atoms with van der Waals surface area (Å²) in [6, 6.07) is 29.5. The van der Waals surface area contributed by atoms with Crippen LogP contribution in [-0.4, -0.2) is 59.6 Å². The molecule has 0 saturated carbocycles. The molecule has 8 heteroatoms. The van der Waals surface area contributed by atoms with E-state index < -0.39 is 0 Å². The molecule has 3 aromatic carbocycles. The summed E-state index contributed by atoms with van der Waals surface area (Å²) in [6.07, 6.45) is 0.875. The van der Waals surface area contributed by atoms with E-state index in [9.17, 15) is 0 Å². The lowest BCUT2D eigenvalue weighted by Crippen LogP contribution is -2.47. The van der Waals surface area contributed by atoms with Crippen LogP contribution in [-0.2, 0) is 19.5 Å². The van der Waals surface area contributed by atoms with Gasteiger partial charge in [0, 0.05) is 51.4 Å². The number of para-hydroxylation sites is 1. The standard InChI is InChI=1S/C32H33N7O/c1-40-27-14-12-25(13-15-27)22-38-17-16-28-29-30(38)33-32(34-31(29)39(35-28)23-24-8-4-2-5-9-24)37-20-18-36(19-21-37)26-10-6-3-7-11-26/h2-15H,16-23H2,1H3. The first kappa shape index (κ1) is 24.5. The average Bonchev–Trinajstić information content (AvgIpc) is 3.37. The average molecular weight is 532 g/mol. The monoisotopic (exact) mass is 531 g/mol. The Bertz CT molecular complexity index is 1590. The van der Waals surface area contributed by atoms with Crippen LogP contribution in [0.5, 0.6) is 5.75 Å². The molecule has 4 heterocycles. The third-order valence-electron chi connectivity index (χ3n) is 7.94. The molecule has 7 rings (SSSR count). The Kier molecular flexibility index (Phi) is 6.43. The molecule has 40 heavy (non-hydrogen) atoms. The molecular weight excluding hydrogens is 498 g/mol. The molecule has 2 aromatic heterocycles. The van der Waals surface area contributed by atoms with E-state index in [4.69, 9.17) is 19.8 Å². The molecule has 202 valence electrons. The van der Waals surface area contributed by atoms with Crippen molar-refractivity contribution in [3.05, 3.63) is 102 Å². The number of hydrogen-bond donors (Lipinski definition) is 0. The van der Waals surface area contributed by atoms with Crippen LogP contribution in [0, 0.1) is 0 Å². The molecule has 2 aliphatic heterocycles. The van der Waals surface area contributed by atoms with Gasteiger partial charge >= 0.3 is 0 Å². The van der Waals surface area contributed by atoms with Crippen LogP contribution >= 0.6 is 0 Å². The molecule has 0 atom stereocenters. The Morgan fingerprint density at radius 1 is 0.700 bits per heavy atom. The zero-order chi connectivity index (χ0) is 26.9. The molecule has 5 aromatic rings. The van der Waals surface area contributed by atoms with Gasteiger partial charge in [-0.15, -0.1) is 0 Å². The third kappa shape index (κ3) is 4.70. The zero-order valence-electron chi connectivity index (χ0n) is 22.8. The number of methoxy groups -OCH3 is 1. The lowest BCUT2D eigenvalue weighted by Gasteiger charge is -2.36. The topological polar surface area (TPSA) is 62.6 Å². The lowest BCUT2D eigenvalue weighted by molar-refractivity contribution is 0.414. The second-order valence-corrected chi connectivity index (χ2v) is 10.5. The first-order valence-electron chi connectivity index (χ1n) is 14.0. The molecule has 1 saturated heterocycles. The predicted octanol–water partition coefficient (Wildman–Crippen LogP) is 4.77. The van der Waals surface area contributed by atoms with Crippen LogP contribution < -0.4 is 19.4 Å². The summed E-state index contributed by atoms with van der Waals surface area (Å²) < 4.78 is 7.44. The van der Waals surface area contributed by atoms with Crippen LogP contribution in [0.1, 0.15) is 16.8 Å². The first-order valence-corrected chi connectivity index (χ1v) is 14.0. The van der Waals surface area contributed by atoms with E-state index in [2.05, 4.69) is 92.2 Å². The summed E-state index contributed by atoms with van der Waals surface area (Å²) in [4.78, 5) is 17.6. The van der Waals surface area contributed by atoms with Crippen molar-refractivity contribution in [3.8, 4) is 5.75 Å². The fourth-order valence-electron chi connectivity index (χ4n) is 5.78. The fraction of sp³-hybridized carbons (Fsp3) is 0.281. The highest BCUT2D eigenvalue weighted by Crippen LogP contribution is 2.35. The van der Waals surface area contributed by atoms with Gasteiger partial charge in [-0.2, -0.15) is 15.1 Å². The van der Waals surface area contributed by atoms with Crippen LogP contribution in [0.25, 0.3) is 11.0 Å². The van der Waals surface area contributed by atoms with Crippen molar-refractivity contribution in [1.29, 1.82) is 0 Å². The van der Waals surface area contributed by atoms with Crippen molar-refractivity contribution in [3.63, 3.8) is 0 Å². The van der Waals surface area contributed by atoms with Gasteiger partial charge in [-0.25, -0.2) is 4.68 Å². The fourth-order valence-corrected chi connectivity index (χ4v) is 5.78. The number of anilines is 3. The number of benzene rings is 3. The van der Waals surface area contributed by atoms with Gasteiger partial charge in [0.15, 0.2) is 5.65 Å². The molecule has 0 spiro atoms. The van der Waals surface area contributed by atoms with Gasteiger partial charge in [0.25, 0.3) is 0 Å². The minimum absolute atomic E-state index is 0.688. The number of piperazine rings is 1. The van der Waals surface area contributed by atoms with E-state index in [0.29, 0.717) is 6.54 Å². The SMILES string of the molecule is COc1ccc(CN2CCc3nn(Cc4ccccc4)c4nc(N5CCN(c6ccccc6)CC5)nc2c34)cc1. The summed E-state index contributed by atoms with van der Waals surface area (Å²) >= 11 is 0. The van der Waals surface area contributed by atoms with Crippen molar-refractivity contribution < 1.29 is 4.74 Å². The maximum Gasteiger partial charge on any atom is 0.229 e. The van der Waals surface area contributed by atoms with Crippen molar-refractivity contribution in [2.75, 3.05) is 54.5 Å². The van der Waals surface area contributed by atoms with Crippen molar-refractivity contribution in [2.45, 2.75) is 19.5 Å². The zero-order valence-corrected chi connectivity index (χ0v) is 22.8. The third-order valence-corrected chi connectivity index (χ3v) is 7.94. The number of hydrogen-bond acceptors (Lipinski definition) is 7. The van der Waals surface area contributed by atoms with Gasteiger partial charge in [0.05, 0.1) is 24.7 Å². The summed E-state index contributed by atoms with van der Waals surface area (Å²) in [5.41, 5.74) is 5.72. The van der Waals surface area contributed by atoms with Gasteiger partial charge in [-0.3, -0.25) is 0 Å². The van der Waals surface area contributed by atoms with Crippen LogP contribution in [0.15, 0.2) is 84.9 Å². The maximum atomic E-state index is 5.37. The van der Waals surface area contributed by atoms with Gasteiger partial charge in [-0.1, -0.05) is 60.7 Å². The highest BCUT2D eigenvalue weighted by atomic mass is 16.5. The second kappa shape index (κ2) is 10.5. The maximum absolute atomic E-state index is 5.37.